The third kappa shape index (κ3) is 2.69. The second kappa shape index (κ2) is 5.64. The van der Waals surface area contributed by atoms with Gasteiger partial charge in [0.2, 0.25) is 5.91 Å². The predicted molar refractivity (Wildman–Crippen MR) is 80.1 cm³/mol. The van der Waals surface area contributed by atoms with Gasteiger partial charge in [-0.25, -0.2) is 9.97 Å². The van der Waals surface area contributed by atoms with Crippen LogP contribution in [0.3, 0.4) is 0 Å². The van der Waals surface area contributed by atoms with Gasteiger partial charge in [-0.1, -0.05) is 13.8 Å². The molecule has 0 radical (unpaired) electrons. The Hall–Kier alpha value is -1.85. The summed E-state index contributed by atoms with van der Waals surface area (Å²) in [4.78, 5) is 22.8. The Kier molecular flexibility index (Phi) is 4.11. The van der Waals surface area contributed by atoms with Gasteiger partial charge in [-0.2, -0.15) is 0 Å². The van der Waals surface area contributed by atoms with E-state index in [0.29, 0.717) is 0 Å². The van der Waals surface area contributed by atoms with Crippen LogP contribution in [0.15, 0.2) is 0 Å². The fourth-order valence-electron chi connectivity index (χ4n) is 2.30. The van der Waals surface area contributed by atoms with Gasteiger partial charge in [-0.05, 0) is 13.3 Å². The van der Waals surface area contributed by atoms with Crippen LogP contribution in [0.25, 0.3) is 0 Å². The zero-order valence-corrected chi connectivity index (χ0v) is 12.8. The maximum atomic E-state index is 12.0. The van der Waals surface area contributed by atoms with Crippen LogP contribution in [0.1, 0.15) is 37.6 Å². The standard InChI is InChI=1S/C14H23N5O/c1-8(2)11-17-12(15-4)9(3)13(18-11)16-10-6-7-19(5)14(10)20/h8,10H,6-7H2,1-5H3,(H2,15,16,17,18). The third-order valence-corrected chi connectivity index (χ3v) is 3.65. The second-order valence-electron chi connectivity index (χ2n) is 5.55. The van der Waals surface area contributed by atoms with Crippen LogP contribution in [-0.2, 0) is 4.79 Å². The van der Waals surface area contributed by atoms with Gasteiger partial charge < -0.3 is 15.5 Å². The number of aromatic nitrogens is 2. The minimum absolute atomic E-state index is 0.125. The number of hydrogen-bond donors (Lipinski definition) is 2. The van der Waals surface area contributed by atoms with Gasteiger partial charge in [0, 0.05) is 32.1 Å². The topological polar surface area (TPSA) is 70.2 Å². The molecule has 2 N–H and O–H groups in total. The van der Waals surface area contributed by atoms with E-state index < -0.39 is 0 Å². The Morgan fingerprint density at radius 1 is 1.30 bits per heavy atom. The van der Waals surface area contributed by atoms with Crippen LogP contribution >= 0.6 is 0 Å². The molecular weight excluding hydrogens is 254 g/mol. The average molecular weight is 277 g/mol. The van der Waals surface area contributed by atoms with E-state index in [-0.39, 0.29) is 17.9 Å². The van der Waals surface area contributed by atoms with E-state index in [9.17, 15) is 4.79 Å². The normalized spacial score (nSPS) is 18.8. The maximum absolute atomic E-state index is 12.0. The zero-order valence-electron chi connectivity index (χ0n) is 12.8. The van der Waals surface area contributed by atoms with Crippen LogP contribution in [0.5, 0.6) is 0 Å². The number of nitrogens with zero attached hydrogens (tertiary/aromatic N) is 3. The van der Waals surface area contributed by atoms with Gasteiger partial charge in [-0.15, -0.1) is 0 Å². The van der Waals surface area contributed by atoms with E-state index in [4.69, 9.17) is 0 Å². The molecule has 110 valence electrons. The van der Waals surface area contributed by atoms with Gasteiger partial charge in [0.1, 0.15) is 23.5 Å². The van der Waals surface area contributed by atoms with Gasteiger partial charge in [-0.3, -0.25) is 4.79 Å². The molecule has 1 aromatic heterocycles. The number of rotatable bonds is 4. The van der Waals surface area contributed by atoms with Crippen molar-refractivity contribution in [3.05, 3.63) is 11.4 Å². The number of likely N-dealkylation sites (N-methyl/N-ethyl adjacent to an activating group) is 1. The van der Waals surface area contributed by atoms with Gasteiger partial charge in [0.25, 0.3) is 0 Å². The first-order chi connectivity index (χ1) is 9.43. The van der Waals surface area contributed by atoms with Gasteiger partial charge in [0.05, 0.1) is 0 Å². The molecule has 1 aliphatic heterocycles. The summed E-state index contributed by atoms with van der Waals surface area (Å²) in [5.74, 6) is 2.71. The van der Waals surface area contributed by atoms with Crippen LogP contribution in [0, 0.1) is 6.92 Å². The molecule has 6 nitrogen and oxygen atoms in total. The fourth-order valence-corrected chi connectivity index (χ4v) is 2.30. The second-order valence-corrected chi connectivity index (χ2v) is 5.55. The first kappa shape index (κ1) is 14.6. The molecule has 1 fully saturated rings. The summed E-state index contributed by atoms with van der Waals surface area (Å²) in [7, 11) is 3.67. The number of carbonyl (C=O) groups is 1. The fraction of sp³-hybridized carbons (Fsp3) is 0.643. The van der Waals surface area contributed by atoms with Crippen LogP contribution in [0.4, 0.5) is 11.6 Å². The predicted octanol–water partition coefficient (Wildman–Crippen LogP) is 1.59. The lowest BCUT2D eigenvalue weighted by atomic mass is 10.2. The first-order valence-electron chi connectivity index (χ1n) is 7.01. The van der Waals surface area contributed by atoms with Gasteiger partial charge in [0.15, 0.2) is 0 Å². The molecule has 1 atom stereocenters. The highest BCUT2D eigenvalue weighted by molar-refractivity contribution is 5.86. The molecule has 0 bridgehead atoms. The molecule has 0 saturated carbocycles. The Labute approximate surface area is 120 Å². The number of nitrogens with one attached hydrogen (secondary N) is 2. The molecule has 0 aliphatic carbocycles. The Balaban J connectivity index is 2.31. The van der Waals surface area contributed by atoms with Crippen molar-refractivity contribution >= 4 is 17.5 Å². The number of carbonyl (C=O) groups excluding carboxylic acids is 1. The smallest absolute Gasteiger partial charge is 0.244 e. The lowest BCUT2D eigenvalue weighted by Gasteiger charge is -2.18. The van der Waals surface area contributed by atoms with E-state index >= 15 is 0 Å². The Morgan fingerprint density at radius 2 is 1.95 bits per heavy atom. The Morgan fingerprint density at radius 3 is 2.45 bits per heavy atom. The minimum Gasteiger partial charge on any atom is -0.373 e. The van der Waals surface area contributed by atoms with Crippen LogP contribution in [0.2, 0.25) is 0 Å². The lowest BCUT2D eigenvalue weighted by molar-refractivity contribution is -0.127. The lowest BCUT2D eigenvalue weighted by Crippen LogP contribution is -2.31. The third-order valence-electron chi connectivity index (χ3n) is 3.65. The van der Waals surface area contributed by atoms with Crippen molar-refractivity contribution < 1.29 is 4.79 Å². The van der Waals surface area contributed by atoms with Crippen molar-refractivity contribution in [3.8, 4) is 0 Å². The molecule has 6 heteroatoms. The summed E-state index contributed by atoms with van der Waals surface area (Å²) in [5.41, 5.74) is 0.944. The highest BCUT2D eigenvalue weighted by Crippen LogP contribution is 2.24. The minimum atomic E-state index is -0.182. The van der Waals surface area contributed by atoms with Crippen molar-refractivity contribution in [1.82, 2.24) is 14.9 Å². The number of amides is 1. The molecule has 1 saturated heterocycles. The van der Waals surface area contributed by atoms with Crippen molar-refractivity contribution in [3.63, 3.8) is 0 Å². The van der Waals surface area contributed by atoms with Crippen molar-refractivity contribution in [2.45, 2.75) is 39.2 Å². The monoisotopic (exact) mass is 277 g/mol. The van der Waals surface area contributed by atoms with Crippen molar-refractivity contribution in [2.75, 3.05) is 31.3 Å². The van der Waals surface area contributed by atoms with Crippen molar-refractivity contribution in [2.24, 2.45) is 0 Å². The van der Waals surface area contributed by atoms with E-state index in [2.05, 4.69) is 34.4 Å². The zero-order chi connectivity index (χ0) is 14.9. The molecule has 1 amide bonds. The Bertz CT molecular complexity index is 515. The van der Waals surface area contributed by atoms with Crippen molar-refractivity contribution in [1.29, 1.82) is 0 Å². The van der Waals surface area contributed by atoms with Crippen LogP contribution in [-0.4, -0.2) is 47.5 Å². The summed E-state index contributed by atoms with van der Waals surface area (Å²) < 4.78 is 0. The summed E-state index contributed by atoms with van der Waals surface area (Å²) >= 11 is 0. The SMILES string of the molecule is CNc1nc(C(C)C)nc(NC2CCN(C)C2=O)c1C. The molecule has 2 rings (SSSR count). The largest absolute Gasteiger partial charge is 0.373 e. The molecule has 0 aromatic carbocycles. The quantitative estimate of drug-likeness (QED) is 0.874. The highest BCUT2D eigenvalue weighted by atomic mass is 16.2. The van der Waals surface area contributed by atoms with E-state index in [1.165, 1.54) is 0 Å². The summed E-state index contributed by atoms with van der Waals surface area (Å²) in [6, 6.07) is -0.182. The van der Waals surface area contributed by atoms with E-state index in [0.717, 1.165) is 36.0 Å². The van der Waals surface area contributed by atoms with Gasteiger partial charge >= 0.3 is 0 Å². The summed E-state index contributed by atoms with van der Waals surface area (Å²) in [6.07, 6.45) is 0.810. The highest BCUT2D eigenvalue weighted by Gasteiger charge is 2.30. The molecule has 1 aliphatic rings. The van der Waals surface area contributed by atoms with Crippen LogP contribution < -0.4 is 10.6 Å². The number of hydrogen-bond acceptors (Lipinski definition) is 5. The maximum Gasteiger partial charge on any atom is 0.244 e. The average Bonchev–Trinajstić information content (AvgIpc) is 2.72. The first-order valence-corrected chi connectivity index (χ1v) is 7.01. The molecule has 20 heavy (non-hydrogen) atoms. The number of likely N-dealkylation sites (tertiary alicyclic amines) is 1. The summed E-state index contributed by atoms with van der Waals surface area (Å²) in [6.45, 7) is 6.86. The molecular formula is C14H23N5O. The molecule has 0 spiro atoms. The van der Waals surface area contributed by atoms with E-state index in [1.54, 1.807) is 4.90 Å². The molecule has 1 unspecified atom stereocenters. The van der Waals surface area contributed by atoms with E-state index in [1.807, 2.05) is 21.0 Å². The summed E-state index contributed by atoms with van der Waals surface area (Å²) in [5, 5.41) is 6.37. The molecule has 2 heterocycles. The molecule has 1 aromatic rings. The number of anilines is 2.